The lowest BCUT2D eigenvalue weighted by atomic mass is 9.74. The molecule has 2 aliphatic heterocycles. The number of methoxy groups -OCH3 is 1. The van der Waals surface area contributed by atoms with Crippen LogP contribution >= 0.6 is 43.6 Å². The Morgan fingerprint density at radius 1 is 0.855 bits per heavy atom. The number of phenols is 2. The number of pyridine rings is 1. The van der Waals surface area contributed by atoms with E-state index in [0.717, 1.165) is 17.1 Å². The fourth-order valence-corrected chi connectivity index (χ4v) is 10.5. The molecule has 7 rings (SSSR count). The highest BCUT2D eigenvalue weighted by molar-refractivity contribution is 9.08. The van der Waals surface area contributed by atoms with E-state index in [9.17, 15) is 39.0 Å². The quantitative estimate of drug-likeness (QED) is 0.0205. The summed E-state index contributed by atoms with van der Waals surface area (Å²) in [6.45, 7) is 5.49. The van der Waals surface area contributed by atoms with Crippen molar-refractivity contribution in [2.75, 3.05) is 84.5 Å². The van der Waals surface area contributed by atoms with Crippen molar-refractivity contribution >= 4 is 78.8 Å². The molecule has 414 valence electrons. The third-order valence-corrected chi connectivity index (χ3v) is 15.0. The highest BCUT2D eigenvalue weighted by Gasteiger charge is 2.45. The van der Waals surface area contributed by atoms with Crippen molar-refractivity contribution in [1.82, 2.24) is 31.8 Å². The highest BCUT2D eigenvalue weighted by atomic mass is 79.9. The molecule has 0 saturated carbocycles. The van der Waals surface area contributed by atoms with Gasteiger partial charge in [0.05, 0.1) is 98.9 Å². The number of amides is 4. The summed E-state index contributed by atoms with van der Waals surface area (Å²) >= 11 is 8.02. The molecular weight excluding hydrogens is 1140 g/mol. The van der Waals surface area contributed by atoms with Crippen molar-refractivity contribution in [2.45, 2.75) is 86.9 Å². The number of carbonyl (C=O) groups excluding carboxylic acids is 6. The van der Waals surface area contributed by atoms with Crippen molar-refractivity contribution in [3.05, 3.63) is 75.1 Å². The van der Waals surface area contributed by atoms with Crippen molar-refractivity contribution in [2.24, 2.45) is 5.92 Å². The average molecular weight is 1210 g/mol. The standard InChI is InChI=1S/C51H64Br2N6O16S/c1-28-35(74-41-26-71-14-12-56-41)6-7-42(73-28)75-37-21-29(20-34-44(37)50(66)46-45(48(34)64)47(63)33-4-3-5-36(68-2)43(33)49(46)65)51(67)59-58-39(61)9-19-76-27-40(62)55-11-10-54-38(60)8-13-69-15-16-70-17-18-72-32-22-30(24-52)57-31(23-32)25-53/h3-5,22-23,28-29,35,37,41-42,56,64,66H,6-21,24-27H2,1-2H3,(H,54,60)(H,55,62)(H,58,61)(H,59,67)/t28-,29?,35-,37-,41+,42-/m0/s1. The molecule has 1 unspecified atom stereocenters. The number of ketones is 2. The predicted octanol–water partition coefficient (Wildman–Crippen LogP) is 3.55. The number of benzene rings is 2. The fourth-order valence-electron chi connectivity index (χ4n) is 9.15. The third kappa shape index (κ3) is 15.6. The molecule has 0 bridgehead atoms. The fraction of sp³-hybridized carbons (Fsp3) is 0.549. The van der Waals surface area contributed by atoms with Gasteiger partial charge in [0.1, 0.15) is 35.8 Å². The minimum absolute atomic E-state index is 0.0187. The Labute approximate surface area is 460 Å². The van der Waals surface area contributed by atoms with E-state index in [-0.39, 0.29) is 109 Å². The van der Waals surface area contributed by atoms with Gasteiger partial charge in [-0.25, -0.2) is 0 Å². The molecule has 4 aliphatic rings. The molecule has 4 amide bonds. The van der Waals surface area contributed by atoms with Crippen LogP contribution < -0.4 is 36.3 Å². The summed E-state index contributed by atoms with van der Waals surface area (Å²) in [6, 6.07) is 8.22. The van der Waals surface area contributed by atoms with E-state index in [4.69, 9.17) is 37.9 Å². The summed E-state index contributed by atoms with van der Waals surface area (Å²) in [6.07, 6.45) is -2.27. The number of morpholine rings is 1. The summed E-state index contributed by atoms with van der Waals surface area (Å²) in [7, 11) is 1.35. The van der Waals surface area contributed by atoms with Gasteiger partial charge in [-0.15, -0.1) is 0 Å². The average Bonchev–Trinajstić information content (AvgIpc) is 3.50. The third-order valence-electron chi connectivity index (χ3n) is 12.8. The number of hydrazine groups is 1. The molecule has 2 aliphatic carbocycles. The maximum atomic E-state index is 14.1. The number of fused-ring (bicyclic) bond motifs is 3. The first-order valence-corrected chi connectivity index (χ1v) is 28.4. The van der Waals surface area contributed by atoms with Gasteiger partial charge in [-0.05, 0) is 32.3 Å². The summed E-state index contributed by atoms with van der Waals surface area (Å²) in [5, 5.41) is 33.8. The van der Waals surface area contributed by atoms with Crippen LogP contribution in [0.25, 0.3) is 0 Å². The van der Waals surface area contributed by atoms with Gasteiger partial charge in [0.25, 0.3) is 0 Å². The van der Waals surface area contributed by atoms with Crippen LogP contribution in [0.5, 0.6) is 23.0 Å². The first kappa shape index (κ1) is 58.7. The van der Waals surface area contributed by atoms with Gasteiger partial charge in [-0.2, -0.15) is 11.8 Å². The number of alkyl halides is 2. The Kier molecular flexibility index (Phi) is 22.5. The van der Waals surface area contributed by atoms with Crippen LogP contribution in [0, 0.1) is 5.92 Å². The molecule has 22 nitrogen and oxygen atoms in total. The number of halogens is 2. The monoisotopic (exact) mass is 1210 g/mol. The van der Waals surface area contributed by atoms with Gasteiger partial charge in [-0.3, -0.25) is 49.9 Å². The summed E-state index contributed by atoms with van der Waals surface area (Å²) < 4.78 is 46.7. The van der Waals surface area contributed by atoms with Gasteiger partial charge in [-0.1, -0.05) is 44.0 Å². The number of aromatic hydroxyl groups is 2. The molecule has 2 fully saturated rings. The number of thioether (sulfide) groups is 1. The topological polar surface area (TPSA) is 290 Å². The van der Waals surface area contributed by atoms with Gasteiger partial charge < -0.3 is 58.7 Å². The Morgan fingerprint density at radius 3 is 2.29 bits per heavy atom. The normalized spacial score (nSPS) is 20.9. The van der Waals surface area contributed by atoms with Crippen molar-refractivity contribution in [3.63, 3.8) is 0 Å². The number of phenolic OH excluding ortho intramolecular Hbond substituents is 2. The second-order valence-corrected chi connectivity index (χ2v) is 20.3. The highest BCUT2D eigenvalue weighted by Crippen LogP contribution is 2.52. The van der Waals surface area contributed by atoms with Gasteiger partial charge in [0.15, 0.2) is 12.1 Å². The van der Waals surface area contributed by atoms with E-state index in [1.807, 2.05) is 19.1 Å². The van der Waals surface area contributed by atoms with Gasteiger partial charge >= 0.3 is 0 Å². The van der Waals surface area contributed by atoms with Crippen LogP contribution in [-0.2, 0) is 64.7 Å². The molecule has 6 atom stereocenters. The predicted molar refractivity (Wildman–Crippen MR) is 282 cm³/mol. The van der Waals surface area contributed by atoms with E-state index in [1.165, 1.54) is 37.1 Å². The molecular formula is C51H64Br2N6O16S. The van der Waals surface area contributed by atoms with Crippen LogP contribution in [-0.4, -0.2) is 160 Å². The van der Waals surface area contributed by atoms with Crippen LogP contribution in [0.3, 0.4) is 0 Å². The lowest BCUT2D eigenvalue weighted by Gasteiger charge is -2.40. The zero-order chi connectivity index (χ0) is 54.1. The molecule has 3 heterocycles. The number of rotatable bonds is 26. The van der Waals surface area contributed by atoms with Gasteiger partial charge in [0, 0.05) is 90.1 Å². The minimum atomic E-state index is -1.12. The zero-order valence-corrected chi connectivity index (χ0v) is 46.2. The molecule has 2 aromatic carbocycles. The molecule has 76 heavy (non-hydrogen) atoms. The first-order chi connectivity index (χ1) is 36.8. The molecule has 0 radical (unpaired) electrons. The minimum Gasteiger partial charge on any atom is -0.507 e. The Morgan fingerprint density at radius 2 is 1.58 bits per heavy atom. The second-order valence-electron chi connectivity index (χ2n) is 18.1. The maximum absolute atomic E-state index is 14.1. The summed E-state index contributed by atoms with van der Waals surface area (Å²) in [4.78, 5) is 83.9. The maximum Gasteiger partial charge on any atom is 0.241 e. The van der Waals surface area contributed by atoms with E-state index in [0.29, 0.717) is 69.7 Å². The first-order valence-electron chi connectivity index (χ1n) is 25.0. The number of aromatic nitrogens is 1. The molecule has 0 spiro atoms. The number of hydrogen-bond acceptors (Lipinski definition) is 19. The van der Waals surface area contributed by atoms with Crippen LogP contribution in [0.2, 0.25) is 0 Å². The molecule has 25 heteroatoms. The number of carbonyl (C=O) groups is 6. The van der Waals surface area contributed by atoms with E-state index in [2.05, 4.69) is 63.6 Å². The molecule has 7 N–H and O–H groups in total. The van der Waals surface area contributed by atoms with Crippen molar-refractivity contribution < 1.29 is 76.9 Å². The Bertz CT molecular complexity index is 2530. The Balaban J connectivity index is 0.822. The van der Waals surface area contributed by atoms with Gasteiger partial charge in [0.2, 0.25) is 29.4 Å². The van der Waals surface area contributed by atoms with E-state index in [1.54, 1.807) is 0 Å². The smallest absolute Gasteiger partial charge is 0.241 e. The SMILES string of the molecule is COc1cccc2c1C(=O)c1c(O)c3c(c(O)c1C2=O)CC(C(=O)NNC(=O)CCSCC(=O)NCCNC(=O)CCOCCOCCOc1cc(CBr)nc(CBr)c1)C[C@@H]3O[C@H]1CC[C@H](O[C@@H]2COCCN2)[C@H](C)O1. The number of nitrogens with zero attached hydrogens (tertiary/aromatic N) is 1. The van der Waals surface area contributed by atoms with Crippen molar-refractivity contribution in [3.8, 4) is 23.0 Å². The van der Waals surface area contributed by atoms with E-state index < -0.39 is 70.4 Å². The van der Waals surface area contributed by atoms with Crippen LogP contribution in [0.15, 0.2) is 30.3 Å². The summed E-state index contributed by atoms with van der Waals surface area (Å²) in [5.41, 5.74) is 5.80. The van der Waals surface area contributed by atoms with Crippen LogP contribution in [0.4, 0.5) is 0 Å². The number of nitrogens with one attached hydrogen (secondary N) is 5. The van der Waals surface area contributed by atoms with Crippen molar-refractivity contribution in [1.29, 1.82) is 0 Å². The molecule has 3 aromatic rings. The largest absolute Gasteiger partial charge is 0.507 e. The number of hydrogen-bond donors (Lipinski definition) is 7. The van der Waals surface area contributed by atoms with Crippen LogP contribution in [0.1, 0.15) is 99.5 Å². The number of ether oxygens (including phenoxy) is 8. The van der Waals surface area contributed by atoms with E-state index >= 15 is 0 Å². The lowest BCUT2D eigenvalue weighted by Crippen LogP contribution is -2.49. The molecule has 1 aromatic heterocycles. The Hall–Kier alpha value is -4.96. The second kappa shape index (κ2) is 29.1. The summed E-state index contributed by atoms with van der Waals surface area (Å²) in [5.74, 6) is -4.10. The zero-order valence-electron chi connectivity index (χ0n) is 42.2. The lowest BCUT2D eigenvalue weighted by molar-refractivity contribution is -0.255. The molecule has 2 saturated heterocycles.